The molecule has 0 spiro atoms. The van der Waals surface area contributed by atoms with Gasteiger partial charge in [-0.25, -0.2) is 0 Å². The van der Waals surface area contributed by atoms with Gasteiger partial charge in [-0.15, -0.1) is 0 Å². The Bertz CT molecular complexity index is 1560. The molecule has 1 atom stereocenters. The standard InChI is InChI=1S/C63H98O6/c1-4-7-10-13-16-19-22-25-27-29-30-31-32-34-35-38-41-44-47-50-53-56-62(65)68-59-60(58-67-61(64)55-52-49-46-43-40-37-24-21-18-15-12-9-6-3)69-63(66)57-54-51-48-45-42-39-36-33-28-26-23-20-17-14-11-8-5-2/h7-8,10-12,15-17,19-21,24-28,30-31,34-36,39,41,44,60H,4-6,9,13-14,18,22-23,29,32-33,37-38,40,42-43,45-59H2,1-3H3/b10-7-,11-8-,15-12-,19-16-,20-17-,24-21-,27-25-,28-26-,31-30-,35-34-,39-36-,44-41-. The van der Waals surface area contributed by atoms with Crippen molar-refractivity contribution in [2.45, 2.75) is 219 Å². The second kappa shape index (κ2) is 55.9. The lowest BCUT2D eigenvalue weighted by molar-refractivity contribution is -0.167. The molecule has 0 aromatic heterocycles. The minimum absolute atomic E-state index is 0.116. The predicted octanol–water partition coefficient (Wildman–Crippen LogP) is 18.4. The summed E-state index contributed by atoms with van der Waals surface area (Å²) in [7, 11) is 0. The molecule has 0 saturated carbocycles. The van der Waals surface area contributed by atoms with Crippen molar-refractivity contribution >= 4 is 17.9 Å². The van der Waals surface area contributed by atoms with Crippen molar-refractivity contribution in [3.05, 3.63) is 146 Å². The highest BCUT2D eigenvalue weighted by Gasteiger charge is 2.19. The van der Waals surface area contributed by atoms with E-state index in [-0.39, 0.29) is 44.0 Å². The Kier molecular flexibility index (Phi) is 52.1. The molecule has 0 aliphatic rings. The van der Waals surface area contributed by atoms with E-state index < -0.39 is 6.10 Å². The predicted molar refractivity (Wildman–Crippen MR) is 297 cm³/mol. The maximum atomic E-state index is 12.8. The lowest BCUT2D eigenvalue weighted by atomic mass is 10.1. The maximum absolute atomic E-state index is 12.8. The molecule has 69 heavy (non-hydrogen) atoms. The van der Waals surface area contributed by atoms with Gasteiger partial charge >= 0.3 is 17.9 Å². The van der Waals surface area contributed by atoms with E-state index in [1.807, 2.05) is 0 Å². The summed E-state index contributed by atoms with van der Waals surface area (Å²) in [4.78, 5) is 38.1. The van der Waals surface area contributed by atoms with Crippen LogP contribution in [0.5, 0.6) is 0 Å². The molecule has 0 amide bonds. The van der Waals surface area contributed by atoms with Gasteiger partial charge in [-0.2, -0.15) is 0 Å². The molecular formula is C63H98O6. The number of hydrogen-bond donors (Lipinski definition) is 0. The second-order valence-corrected chi connectivity index (χ2v) is 17.4. The van der Waals surface area contributed by atoms with Crippen LogP contribution in [-0.2, 0) is 28.6 Å². The van der Waals surface area contributed by atoms with Crippen LogP contribution in [0.2, 0.25) is 0 Å². The number of carbonyl (C=O) groups excluding carboxylic acids is 3. The highest BCUT2D eigenvalue weighted by Crippen LogP contribution is 2.12. The molecule has 0 heterocycles. The Balaban J connectivity index is 4.55. The summed E-state index contributed by atoms with van der Waals surface area (Å²) in [5.41, 5.74) is 0. The molecule has 0 N–H and O–H groups in total. The lowest BCUT2D eigenvalue weighted by Crippen LogP contribution is -2.30. The van der Waals surface area contributed by atoms with E-state index in [0.717, 1.165) is 161 Å². The summed E-state index contributed by atoms with van der Waals surface area (Å²) in [6, 6.07) is 0. The first-order chi connectivity index (χ1) is 34.0. The summed E-state index contributed by atoms with van der Waals surface area (Å²) >= 11 is 0. The highest BCUT2D eigenvalue weighted by molar-refractivity contribution is 5.71. The number of rotatable bonds is 47. The van der Waals surface area contributed by atoms with E-state index in [1.165, 1.54) is 6.42 Å². The van der Waals surface area contributed by atoms with Crippen LogP contribution < -0.4 is 0 Å². The zero-order valence-corrected chi connectivity index (χ0v) is 44.0. The summed E-state index contributed by atoms with van der Waals surface area (Å²) in [5.74, 6) is -1.01. The van der Waals surface area contributed by atoms with Gasteiger partial charge < -0.3 is 14.2 Å². The van der Waals surface area contributed by atoms with Gasteiger partial charge in [0.25, 0.3) is 0 Å². The monoisotopic (exact) mass is 951 g/mol. The lowest BCUT2D eigenvalue weighted by Gasteiger charge is -2.18. The van der Waals surface area contributed by atoms with E-state index in [4.69, 9.17) is 14.2 Å². The summed E-state index contributed by atoms with van der Waals surface area (Å²) in [5, 5.41) is 0. The van der Waals surface area contributed by atoms with Crippen LogP contribution in [0.15, 0.2) is 146 Å². The van der Waals surface area contributed by atoms with Gasteiger partial charge in [0, 0.05) is 19.3 Å². The van der Waals surface area contributed by atoms with Gasteiger partial charge in [-0.3, -0.25) is 14.4 Å². The van der Waals surface area contributed by atoms with Crippen molar-refractivity contribution < 1.29 is 28.6 Å². The normalized spacial score (nSPS) is 13.3. The Labute approximate surface area is 423 Å². The molecule has 0 aliphatic heterocycles. The number of esters is 3. The molecule has 0 aliphatic carbocycles. The van der Waals surface area contributed by atoms with Gasteiger partial charge in [-0.05, 0) is 135 Å². The van der Waals surface area contributed by atoms with E-state index >= 15 is 0 Å². The Hall–Kier alpha value is -4.71. The quantitative estimate of drug-likeness (QED) is 0.0262. The van der Waals surface area contributed by atoms with Crippen molar-refractivity contribution in [3.63, 3.8) is 0 Å². The van der Waals surface area contributed by atoms with Crippen molar-refractivity contribution in [3.8, 4) is 0 Å². The number of allylic oxidation sites excluding steroid dienone is 24. The van der Waals surface area contributed by atoms with Crippen LogP contribution in [0.4, 0.5) is 0 Å². The molecule has 0 radical (unpaired) electrons. The van der Waals surface area contributed by atoms with Crippen LogP contribution >= 0.6 is 0 Å². The molecule has 1 unspecified atom stereocenters. The first-order valence-electron chi connectivity index (χ1n) is 27.3. The summed E-state index contributed by atoms with van der Waals surface area (Å²) in [6.07, 6.45) is 79.7. The third kappa shape index (κ3) is 54.1. The zero-order chi connectivity index (χ0) is 50.0. The minimum atomic E-state index is -0.822. The second-order valence-electron chi connectivity index (χ2n) is 17.4. The number of hydrogen-bond acceptors (Lipinski definition) is 6. The third-order valence-electron chi connectivity index (χ3n) is 10.8. The van der Waals surface area contributed by atoms with Crippen molar-refractivity contribution in [1.82, 2.24) is 0 Å². The van der Waals surface area contributed by atoms with Crippen LogP contribution in [0, 0.1) is 0 Å². The smallest absolute Gasteiger partial charge is 0.306 e. The fourth-order valence-electron chi connectivity index (χ4n) is 6.77. The van der Waals surface area contributed by atoms with E-state index in [1.54, 1.807) is 0 Å². The summed E-state index contributed by atoms with van der Waals surface area (Å²) in [6.45, 7) is 6.26. The molecule has 6 heteroatoms. The van der Waals surface area contributed by atoms with E-state index in [9.17, 15) is 14.4 Å². The zero-order valence-electron chi connectivity index (χ0n) is 44.0. The SMILES string of the molecule is CC/C=C\C/C=C\C/C=C\C/C=C\C/C=C\C/C=C\CCCCC(=O)OCC(COC(=O)CCCCCCC/C=C\C/C=C\CCC)OC(=O)CCCCCC/C=C\C/C=C\C/C=C\C/C=C\CC. The van der Waals surface area contributed by atoms with Crippen molar-refractivity contribution in [1.29, 1.82) is 0 Å². The third-order valence-corrected chi connectivity index (χ3v) is 10.8. The maximum Gasteiger partial charge on any atom is 0.306 e. The highest BCUT2D eigenvalue weighted by atomic mass is 16.6. The van der Waals surface area contributed by atoms with Gasteiger partial charge in [-0.1, -0.05) is 205 Å². The van der Waals surface area contributed by atoms with Gasteiger partial charge in [0.15, 0.2) is 6.10 Å². The average Bonchev–Trinajstić information content (AvgIpc) is 3.35. The fraction of sp³-hybridized carbons (Fsp3) is 0.571. The average molecular weight is 951 g/mol. The molecule has 0 saturated heterocycles. The first-order valence-corrected chi connectivity index (χ1v) is 27.3. The first kappa shape index (κ1) is 64.3. The van der Waals surface area contributed by atoms with Gasteiger partial charge in [0.1, 0.15) is 13.2 Å². The molecule has 0 aromatic rings. The minimum Gasteiger partial charge on any atom is -0.462 e. The molecule has 6 nitrogen and oxygen atoms in total. The van der Waals surface area contributed by atoms with Crippen LogP contribution in [0.25, 0.3) is 0 Å². The van der Waals surface area contributed by atoms with Gasteiger partial charge in [0.2, 0.25) is 0 Å². The molecule has 0 fully saturated rings. The Morgan fingerprint density at radius 3 is 0.913 bits per heavy atom. The molecule has 0 rings (SSSR count). The van der Waals surface area contributed by atoms with Crippen LogP contribution in [0.3, 0.4) is 0 Å². The molecular weight excluding hydrogens is 853 g/mol. The molecule has 0 bridgehead atoms. The van der Waals surface area contributed by atoms with Crippen molar-refractivity contribution in [2.75, 3.05) is 13.2 Å². The molecule has 386 valence electrons. The number of carbonyl (C=O) groups is 3. The number of unbranched alkanes of at least 4 members (excludes halogenated alkanes) is 12. The Morgan fingerprint density at radius 2 is 0.565 bits per heavy atom. The largest absolute Gasteiger partial charge is 0.462 e. The summed E-state index contributed by atoms with van der Waals surface area (Å²) < 4.78 is 16.8. The van der Waals surface area contributed by atoms with Crippen molar-refractivity contribution in [2.24, 2.45) is 0 Å². The van der Waals surface area contributed by atoms with E-state index in [2.05, 4.69) is 167 Å². The van der Waals surface area contributed by atoms with Crippen LogP contribution in [0.1, 0.15) is 213 Å². The van der Waals surface area contributed by atoms with Gasteiger partial charge in [0.05, 0.1) is 0 Å². The molecule has 0 aromatic carbocycles. The fourth-order valence-corrected chi connectivity index (χ4v) is 6.77. The van der Waals surface area contributed by atoms with Crippen LogP contribution in [-0.4, -0.2) is 37.2 Å². The number of ether oxygens (including phenoxy) is 3. The topological polar surface area (TPSA) is 78.9 Å². The van der Waals surface area contributed by atoms with E-state index in [0.29, 0.717) is 12.8 Å². The Morgan fingerprint density at radius 1 is 0.304 bits per heavy atom.